The molecule has 0 saturated heterocycles. The number of carbonyl (C=O) groups is 2. The highest BCUT2D eigenvalue weighted by molar-refractivity contribution is 5.86. The number of benzene rings is 1. The number of primary amides is 1. The Balaban J connectivity index is 3.06. The first-order chi connectivity index (χ1) is 9.45. The van der Waals surface area contributed by atoms with Crippen LogP contribution in [0.25, 0.3) is 0 Å². The molecular weight excluding hydrogens is 266 g/mol. The second-order valence-corrected chi connectivity index (χ2v) is 3.71. The van der Waals surface area contributed by atoms with Crippen LogP contribution in [-0.2, 0) is 4.79 Å². The SMILES string of the molecule is COc1cccc(/C=N\NC(N)=O)c1O[C@@H](C)C(=O)O. The van der Waals surface area contributed by atoms with Crippen molar-refractivity contribution in [2.75, 3.05) is 7.11 Å². The van der Waals surface area contributed by atoms with Crippen LogP contribution < -0.4 is 20.6 Å². The number of carboxylic acid groups (broad SMARTS) is 1. The number of nitrogens with two attached hydrogens (primary N) is 1. The maximum atomic E-state index is 10.8. The molecule has 0 radical (unpaired) electrons. The number of amides is 2. The quantitative estimate of drug-likeness (QED) is 0.519. The van der Waals surface area contributed by atoms with Crippen LogP contribution in [0.2, 0.25) is 0 Å². The topological polar surface area (TPSA) is 123 Å². The molecule has 0 bridgehead atoms. The third kappa shape index (κ3) is 4.16. The summed E-state index contributed by atoms with van der Waals surface area (Å²) in [5, 5.41) is 12.5. The van der Waals surface area contributed by atoms with Gasteiger partial charge in [-0.1, -0.05) is 6.07 Å². The number of aliphatic carboxylic acids is 1. The van der Waals surface area contributed by atoms with Crippen LogP contribution >= 0.6 is 0 Å². The Labute approximate surface area is 115 Å². The molecule has 4 N–H and O–H groups in total. The molecule has 2 amide bonds. The molecule has 20 heavy (non-hydrogen) atoms. The molecule has 0 aliphatic carbocycles. The van der Waals surface area contributed by atoms with Crippen LogP contribution in [-0.4, -0.2) is 36.5 Å². The summed E-state index contributed by atoms with van der Waals surface area (Å²) < 4.78 is 10.4. The molecular formula is C12H15N3O5. The summed E-state index contributed by atoms with van der Waals surface area (Å²) in [4.78, 5) is 21.4. The molecule has 0 heterocycles. The molecule has 1 atom stereocenters. The van der Waals surface area contributed by atoms with Crippen LogP contribution in [0.3, 0.4) is 0 Å². The predicted molar refractivity (Wildman–Crippen MR) is 71.0 cm³/mol. The van der Waals surface area contributed by atoms with E-state index in [1.807, 2.05) is 5.43 Å². The van der Waals surface area contributed by atoms with Gasteiger partial charge in [0.1, 0.15) is 0 Å². The molecule has 8 heteroatoms. The van der Waals surface area contributed by atoms with Gasteiger partial charge < -0.3 is 20.3 Å². The van der Waals surface area contributed by atoms with Gasteiger partial charge in [0.25, 0.3) is 0 Å². The largest absolute Gasteiger partial charge is 0.493 e. The van der Waals surface area contributed by atoms with Gasteiger partial charge in [-0.05, 0) is 19.1 Å². The maximum Gasteiger partial charge on any atom is 0.344 e. The maximum absolute atomic E-state index is 10.8. The van der Waals surface area contributed by atoms with Crippen LogP contribution in [0.4, 0.5) is 4.79 Å². The molecule has 0 saturated carbocycles. The standard InChI is InChI=1S/C12H15N3O5/c1-7(11(16)17)20-10-8(6-14-15-12(13)18)4-3-5-9(10)19-2/h3-7H,1-2H3,(H,16,17)(H3,13,15,18)/b14-6-/t7-/m0/s1. The zero-order valence-electron chi connectivity index (χ0n) is 11.0. The van der Waals surface area contributed by atoms with Crippen molar-refractivity contribution in [2.24, 2.45) is 10.8 Å². The molecule has 1 aromatic carbocycles. The summed E-state index contributed by atoms with van der Waals surface area (Å²) >= 11 is 0. The summed E-state index contributed by atoms with van der Waals surface area (Å²) in [5.74, 6) is -0.560. The number of para-hydroxylation sites is 1. The van der Waals surface area contributed by atoms with Gasteiger partial charge in [-0.2, -0.15) is 5.10 Å². The lowest BCUT2D eigenvalue weighted by Crippen LogP contribution is -2.25. The monoisotopic (exact) mass is 281 g/mol. The average Bonchev–Trinajstić information content (AvgIpc) is 2.39. The average molecular weight is 281 g/mol. The zero-order valence-corrected chi connectivity index (χ0v) is 11.0. The third-order valence-electron chi connectivity index (χ3n) is 2.25. The van der Waals surface area contributed by atoms with E-state index in [1.54, 1.807) is 18.2 Å². The molecule has 0 aliphatic heterocycles. The van der Waals surface area contributed by atoms with E-state index in [4.69, 9.17) is 20.3 Å². The Bertz CT molecular complexity index is 530. The van der Waals surface area contributed by atoms with E-state index in [9.17, 15) is 9.59 Å². The van der Waals surface area contributed by atoms with Gasteiger partial charge in [-0.15, -0.1) is 0 Å². The fourth-order valence-electron chi connectivity index (χ4n) is 1.31. The van der Waals surface area contributed by atoms with Gasteiger partial charge in [-0.3, -0.25) is 0 Å². The smallest absolute Gasteiger partial charge is 0.344 e. The van der Waals surface area contributed by atoms with Crippen molar-refractivity contribution < 1.29 is 24.2 Å². The molecule has 1 aromatic rings. The Morgan fingerprint density at radius 1 is 1.50 bits per heavy atom. The van der Waals surface area contributed by atoms with Crippen LogP contribution in [0.15, 0.2) is 23.3 Å². The summed E-state index contributed by atoms with van der Waals surface area (Å²) in [6.45, 7) is 1.39. The fourth-order valence-corrected chi connectivity index (χ4v) is 1.31. The summed E-state index contributed by atoms with van der Waals surface area (Å²) in [6, 6.07) is 4.09. The Hall–Kier alpha value is -2.77. The summed E-state index contributed by atoms with van der Waals surface area (Å²) in [6.07, 6.45) is 0.208. The highest BCUT2D eigenvalue weighted by atomic mass is 16.5. The normalized spacial score (nSPS) is 11.9. The van der Waals surface area contributed by atoms with Crippen LogP contribution in [0, 0.1) is 0 Å². The number of methoxy groups -OCH3 is 1. The molecule has 0 fully saturated rings. The minimum atomic E-state index is -1.12. The van der Waals surface area contributed by atoms with Crippen LogP contribution in [0.5, 0.6) is 11.5 Å². The van der Waals surface area contributed by atoms with E-state index in [-0.39, 0.29) is 5.75 Å². The lowest BCUT2D eigenvalue weighted by Gasteiger charge is -2.15. The van der Waals surface area contributed by atoms with Crippen molar-refractivity contribution in [1.29, 1.82) is 0 Å². The van der Waals surface area contributed by atoms with Crippen molar-refractivity contribution in [1.82, 2.24) is 5.43 Å². The van der Waals surface area contributed by atoms with Gasteiger partial charge in [-0.25, -0.2) is 15.0 Å². The van der Waals surface area contributed by atoms with Gasteiger partial charge in [0.15, 0.2) is 17.6 Å². The molecule has 108 valence electrons. The number of hydrogen-bond donors (Lipinski definition) is 3. The van der Waals surface area contributed by atoms with Crippen molar-refractivity contribution in [2.45, 2.75) is 13.0 Å². The van der Waals surface area contributed by atoms with Crippen molar-refractivity contribution >= 4 is 18.2 Å². The second-order valence-electron chi connectivity index (χ2n) is 3.71. The Morgan fingerprint density at radius 2 is 2.20 bits per heavy atom. The van der Waals surface area contributed by atoms with Crippen molar-refractivity contribution in [3.05, 3.63) is 23.8 Å². The molecule has 0 aromatic heterocycles. The van der Waals surface area contributed by atoms with Crippen molar-refractivity contribution in [3.63, 3.8) is 0 Å². The van der Waals surface area contributed by atoms with Gasteiger partial charge in [0, 0.05) is 5.56 Å². The number of hydrogen-bond acceptors (Lipinski definition) is 5. The lowest BCUT2D eigenvalue weighted by atomic mass is 10.2. The first-order valence-electron chi connectivity index (χ1n) is 5.60. The minimum Gasteiger partial charge on any atom is -0.493 e. The fraction of sp³-hybridized carbons (Fsp3) is 0.250. The summed E-state index contributed by atoms with van der Waals surface area (Å²) in [7, 11) is 1.43. The number of rotatable bonds is 6. The van der Waals surface area contributed by atoms with E-state index >= 15 is 0 Å². The number of carbonyl (C=O) groups excluding carboxylic acids is 1. The number of carboxylic acids is 1. The van der Waals surface area contributed by atoms with E-state index in [0.29, 0.717) is 11.3 Å². The Morgan fingerprint density at radius 3 is 2.75 bits per heavy atom. The lowest BCUT2D eigenvalue weighted by molar-refractivity contribution is -0.144. The van der Waals surface area contributed by atoms with Gasteiger partial charge >= 0.3 is 12.0 Å². The molecule has 1 rings (SSSR count). The van der Waals surface area contributed by atoms with E-state index in [0.717, 1.165) is 0 Å². The van der Waals surface area contributed by atoms with E-state index in [1.165, 1.54) is 20.2 Å². The second kappa shape index (κ2) is 6.98. The molecule has 0 unspecified atom stereocenters. The molecule has 0 aliphatic rings. The highest BCUT2D eigenvalue weighted by Crippen LogP contribution is 2.30. The number of nitrogens with one attached hydrogen (secondary N) is 1. The number of hydrazone groups is 1. The van der Waals surface area contributed by atoms with E-state index < -0.39 is 18.1 Å². The first-order valence-corrected chi connectivity index (χ1v) is 5.60. The summed E-state index contributed by atoms with van der Waals surface area (Å²) in [5.41, 5.74) is 7.34. The minimum absolute atomic E-state index is 0.208. The number of ether oxygens (including phenoxy) is 2. The first kappa shape index (κ1) is 15.3. The zero-order chi connectivity index (χ0) is 15.1. The van der Waals surface area contributed by atoms with E-state index in [2.05, 4.69) is 5.10 Å². The van der Waals surface area contributed by atoms with Gasteiger partial charge in [0.2, 0.25) is 0 Å². The molecule has 8 nitrogen and oxygen atoms in total. The third-order valence-corrected chi connectivity index (χ3v) is 2.25. The highest BCUT2D eigenvalue weighted by Gasteiger charge is 2.17. The Kier molecular flexibility index (Phi) is 5.33. The molecule has 0 spiro atoms. The van der Waals surface area contributed by atoms with Crippen LogP contribution in [0.1, 0.15) is 12.5 Å². The predicted octanol–water partition coefficient (Wildman–Crippen LogP) is 0.549. The van der Waals surface area contributed by atoms with Crippen molar-refractivity contribution in [3.8, 4) is 11.5 Å². The number of nitrogens with zero attached hydrogens (tertiary/aromatic N) is 1. The number of urea groups is 1. The van der Waals surface area contributed by atoms with Gasteiger partial charge in [0.05, 0.1) is 13.3 Å².